The van der Waals surface area contributed by atoms with Crippen LogP contribution in [0, 0.1) is 6.92 Å². The molecular weight excluding hydrogens is 581 g/mol. The number of aliphatic hydroxyl groups excluding tert-OH is 1. The fourth-order valence-corrected chi connectivity index (χ4v) is 6.54. The highest BCUT2D eigenvalue weighted by Crippen LogP contribution is 2.44. The number of ketones is 1. The lowest BCUT2D eigenvalue weighted by Crippen LogP contribution is -2.31. The predicted molar refractivity (Wildman–Crippen MR) is 151 cm³/mol. The van der Waals surface area contributed by atoms with Gasteiger partial charge in [0, 0.05) is 15.8 Å². The van der Waals surface area contributed by atoms with E-state index in [0.717, 1.165) is 16.9 Å². The Morgan fingerprint density at radius 3 is 2.72 bits per heavy atom. The monoisotopic (exact) mass is 601 g/mol. The minimum absolute atomic E-state index is 0.0167. The highest BCUT2D eigenvalue weighted by atomic mass is 35.5. The number of amides is 1. The van der Waals surface area contributed by atoms with Gasteiger partial charge in [0.2, 0.25) is 10.9 Å². The molecule has 0 saturated heterocycles. The van der Waals surface area contributed by atoms with Gasteiger partial charge in [-0.3, -0.25) is 14.5 Å². The van der Waals surface area contributed by atoms with Crippen molar-refractivity contribution in [2.24, 2.45) is 0 Å². The number of rotatable bonds is 9. The van der Waals surface area contributed by atoms with Crippen molar-refractivity contribution in [1.29, 1.82) is 0 Å². The second kappa shape index (κ2) is 11.4. The number of aromatic nitrogens is 2. The number of thioether (sulfide) groups is 1. The van der Waals surface area contributed by atoms with E-state index < -0.39 is 23.5 Å². The number of anilines is 1. The lowest BCUT2D eigenvalue weighted by atomic mass is 9.95. The smallest absolute Gasteiger partial charge is 0.296 e. The van der Waals surface area contributed by atoms with Crippen molar-refractivity contribution in [1.82, 2.24) is 10.2 Å². The van der Waals surface area contributed by atoms with Crippen molar-refractivity contribution in [2.75, 3.05) is 11.5 Å². The van der Waals surface area contributed by atoms with E-state index in [1.165, 1.54) is 22.7 Å². The molecule has 0 bridgehead atoms. The van der Waals surface area contributed by atoms with Crippen LogP contribution in [0.15, 0.2) is 74.7 Å². The fraction of sp³-hybridized carbons (Fsp3) is 0.185. The van der Waals surface area contributed by atoms with Gasteiger partial charge in [0.05, 0.1) is 18.2 Å². The summed E-state index contributed by atoms with van der Waals surface area (Å²) in [4.78, 5) is 28.2. The fourth-order valence-electron chi connectivity index (χ4n) is 4.12. The number of aliphatic hydroxyl groups is 1. The number of hydrogen-bond donors (Lipinski definition) is 1. The van der Waals surface area contributed by atoms with E-state index in [9.17, 15) is 14.7 Å². The van der Waals surface area contributed by atoms with E-state index in [1.807, 2.05) is 13.0 Å². The van der Waals surface area contributed by atoms with Gasteiger partial charge in [-0.1, -0.05) is 64.5 Å². The maximum atomic E-state index is 13.5. The van der Waals surface area contributed by atoms with Crippen LogP contribution < -0.4 is 9.64 Å². The Hall–Kier alpha value is -3.31. The molecule has 39 heavy (non-hydrogen) atoms. The van der Waals surface area contributed by atoms with Gasteiger partial charge in [-0.05, 0) is 61.4 Å². The van der Waals surface area contributed by atoms with Gasteiger partial charge in [-0.15, -0.1) is 10.2 Å². The van der Waals surface area contributed by atoms with Crippen LogP contribution in [0.1, 0.15) is 40.4 Å². The van der Waals surface area contributed by atoms with Crippen LogP contribution >= 0.6 is 46.3 Å². The predicted octanol–water partition coefficient (Wildman–Crippen LogP) is 7.22. The zero-order valence-electron chi connectivity index (χ0n) is 20.7. The van der Waals surface area contributed by atoms with Gasteiger partial charge in [0.25, 0.3) is 5.91 Å². The zero-order chi connectivity index (χ0) is 27.7. The van der Waals surface area contributed by atoms with Gasteiger partial charge >= 0.3 is 0 Å². The van der Waals surface area contributed by atoms with Crippen molar-refractivity contribution in [3.8, 4) is 5.75 Å². The van der Waals surface area contributed by atoms with Gasteiger partial charge in [0.1, 0.15) is 11.5 Å². The number of furan rings is 1. The third-order valence-electron chi connectivity index (χ3n) is 5.87. The molecule has 0 fully saturated rings. The highest BCUT2D eigenvalue weighted by molar-refractivity contribution is 8.00. The topological polar surface area (TPSA) is 106 Å². The maximum Gasteiger partial charge on any atom is 0.296 e. The van der Waals surface area contributed by atoms with Crippen LogP contribution in [0.3, 0.4) is 0 Å². The number of nitrogens with zero attached hydrogens (tertiary/aromatic N) is 3. The summed E-state index contributed by atoms with van der Waals surface area (Å²) in [7, 11) is 0. The average molecular weight is 603 g/mol. The first kappa shape index (κ1) is 27.3. The van der Waals surface area contributed by atoms with Crippen LogP contribution in [0.5, 0.6) is 5.75 Å². The van der Waals surface area contributed by atoms with Crippen LogP contribution in [-0.2, 0) is 10.5 Å². The SMILES string of the molecule is CCOc1cccc(C2C(C(=O)c3ccc(C)o3)=C(O)C(=O)N2c2nnc(SCc3ccc(Cl)cc3Cl)s2)c1. The Labute approximate surface area is 242 Å². The molecule has 0 spiro atoms. The first-order valence-electron chi connectivity index (χ1n) is 11.8. The molecule has 0 saturated carbocycles. The summed E-state index contributed by atoms with van der Waals surface area (Å²) >= 11 is 14.8. The third-order valence-corrected chi connectivity index (χ3v) is 8.56. The van der Waals surface area contributed by atoms with Gasteiger partial charge in [-0.25, -0.2) is 0 Å². The number of carbonyl (C=O) groups is 2. The quantitative estimate of drug-likeness (QED) is 0.122. The molecule has 0 radical (unpaired) electrons. The summed E-state index contributed by atoms with van der Waals surface area (Å²) in [6.07, 6.45) is 0. The number of benzene rings is 2. The van der Waals surface area contributed by atoms with Gasteiger partial charge < -0.3 is 14.3 Å². The van der Waals surface area contributed by atoms with Crippen molar-refractivity contribution in [3.05, 3.63) is 98.6 Å². The van der Waals surface area contributed by atoms with Gasteiger partial charge in [-0.2, -0.15) is 0 Å². The normalized spacial score (nSPS) is 15.3. The largest absolute Gasteiger partial charge is 0.503 e. The molecule has 200 valence electrons. The van der Waals surface area contributed by atoms with Crippen molar-refractivity contribution in [2.45, 2.75) is 30.0 Å². The van der Waals surface area contributed by atoms with Crippen molar-refractivity contribution in [3.63, 3.8) is 0 Å². The zero-order valence-corrected chi connectivity index (χ0v) is 23.8. The summed E-state index contributed by atoms with van der Waals surface area (Å²) in [6.45, 7) is 4.00. The molecule has 2 aromatic heterocycles. The number of ether oxygens (including phenoxy) is 1. The van der Waals surface area contributed by atoms with Crippen molar-refractivity contribution >= 4 is 63.1 Å². The molecule has 2 aromatic carbocycles. The second-order valence-corrected chi connectivity index (χ2v) is 11.5. The summed E-state index contributed by atoms with van der Waals surface area (Å²) in [5, 5.41) is 20.7. The molecule has 1 aliphatic rings. The first-order valence-corrected chi connectivity index (χ1v) is 14.3. The number of hydrogen-bond acceptors (Lipinski definition) is 9. The standard InChI is InChI=1S/C27H21Cl2N3O5S2/c1-3-36-18-6-4-5-15(11-18)22-21(23(33)20-10-7-14(2)37-20)24(34)25(35)32(22)26-30-31-27(39-26)38-13-16-8-9-17(28)12-19(16)29/h4-12,22,34H,3,13H2,1-2H3. The molecular formula is C27H21Cl2N3O5S2. The molecule has 0 aliphatic carbocycles. The lowest BCUT2D eigenvalue weighted by molar-refractivity contribution is -0.117. The minimum atomic E-state index is -0.979. The molecule has 1 amide bonds. The Morgan fingerprint density at radius 2 is 2.00 bits per heavy atom. The van der Waals surface area contributed by atoms with E-state index in [1.54, 1.807) is 49.4 Å². The molecule has 4 aromatic rings. The van der Waals surface area contributed by atoms with E-state index in [2.05, 4.69) is 10.2 Å². The van der Waals surface area contributed by atoms with Crippen LogP contribution in [0.2, 0.25) is 10.0 Å². The molecule has 1 atom stereocenters. The van der Waals surface area contributed by atoms with E-state index >= 15 is 0 Å². The molecule has 8 nitrogen and oxygen atoms in total. The number of carbonyl (C=O) groups excluding carboxylic acids is 2. The molecule has 12 heteroatoms. The Balaban J connectivity index is 1.50. The van der Waals surface area contributed by atoms with E-state index in [4.69, 9.17) is 32.4 Å². The van der Waals surface area contributed by atoms with Gasteiger partial charge in [0.15, 0.2) is 15.9 Å². The summed E-state index contributed by atoms with van der Waals surface area (Å²) in [5.41, 5.74) is 1.31. The Morgan fingerprint density at radius 1 is 1.18 bits per heavy atom. The molecule has 1 N–H and O–H groups in total. The Kier molecular flexibility index (Phi) is 7.99. The minimum Gasteiger partial charge on any atom is -0.503 e. The van der Waals surface area contributed by atoms with Crippen molar-refractivity contribution < 1.29 is 23.8 Å². The summed E-state index contributed by atoms with van der Waals surface area (Å²) in [6, 6.07) is 14.5. The Bertz CT molecular complexity index is 1600. The summed E-state index contributed by atoms with van der Waals surface area (Å²) < 4.78 is 11.7. The average Bonchev–Trinajstić information content (AvgIpc) is 3.62. The van der Waals surface area contributed by atoms with E-state index in [0.29, 0.717) is 43.8 Å². The molecule has 5 rings (SSSR count). The number of Topliss-reactive ketones (excluding diaryl/α,β-unsaturated/α-hetero) is 1. The molecule has 1 aliphatic heterocycles. The molecule has 1 unspecified atom stereocenters. The molecule has 3 heterocycles. The van der Waals surface area contributed by atoms with E-state index in [-0.39, 0.29) is 16.5 Å². The van der Waals surface area contributed by atoms with Crippen LogP contribution in [-0.4, -0.2) is 33.6 Å². The van der Waals surface area contributed by atoms with Crippen LogP contribution in [0.4, 0.5) is 5.13 Å². The van der Waals surface area contributed by atoms with Crippen LogP contribution in [0.25, 0.3) is 0 Å². The summed E-state index contributed by atoms with van der Waals surface area (Å²) in [5.74, 6) is -0.421. The third kappa shape index (κ3) is 5.56. The number of aryl methyl sites for hydroxylation is 1. The second-order valence-electron chi connectivity index (χ2n) is 8.46. The highest BCUT2D eigenvalue weighted by Gasteiger charge is 2.46. The number of halogens is 2. The lowest BCUT2D eigenvalue weighted by Gasteiger charge is -2.24. The maximum absolute atomic E-state index is 13.5. The first-order chi connectivity index (χ1) is 18.8.